The summed E-state index contributed by atoms with van der Waals surface area (Å²) in [6.07, 6.45) is -1.13. The van der Waals surface area contributed by atoms with Crippen molar-refractivity contribution >= 4 is 11.9 Å². The van der Waals surface area contributed by atoms with E-state index < -0.39 is 30.1 Å². The maximum absolute atomic E-state index is 11.5. The van der Waals surface area contributed by atoms with Gasteiger partial charge in [0, 0.05) is 25.7 Å². The Morgan fingerprint density at radius 3 is 1.74 bits per heavy atom. The van der Waals surface area contributed by atoms with Crippen molar-refractivity contribution < 1.29 is 39.1 Å². The highest BCUT2D eigenvalue weighted by Crippen LogP contribution is 2.50. The van der Waals surface area contributed by atoms with Crippen molar-refractivity contribution in [1.29, 1.82) is 0 Å². The Hall–Kier alpha value is -3.26. The third-order valence-electron chi connectivity index (χ3n) is 5.46. The van der Waals surface area contributed by atoms with E-state index in [-0.39, 0.29) is 36.4 Å². The van der Waals surface area contributed by atoms with Gasteiger partial charge in [0.1, 0.15) is 5.75 Å². The summed E-state index contributed by atoms with van der Waals surface area (Å²) >= 11 is 0. The largest absolute Gasteiger partial charge is 0.508 e. The first-order valence-corrected chi connectivity index (χ1v) is 9.91. The van der Waals surface area contributed by atoms with E-state index in [0.29, 0.717) is 11.1 Å². The van der Waals surface area contributed by atoms with Gasteiger partial charge in [0.15, 0.2) is 11.5 Å². The third-order valence-corrected chi connectivity index (χ3v) is 5.46. The molecule has 8 heteroatoms. The van der Waals surface area contributed by atoms with Gasteiger partial charge in [0.05, 0.1) is 25.4 Å². The molecule has 0 aromatic heterocycles. The molecule has 0 amide bonds. The standard InChI is InChI=1S/C23H26O8/c1-12-8-15(4-6-19(12)26)22-17(10-29-13(2)24)18(11-30-14(3)25)23(31-22)16-5-7-20(27)21(28)9-16/h4-9,17-18,22-23,26-28H,10-11H2,1-3H3. The van der Waals surface area contributed by atoms with E-state index in [9.17, 15) is 24.9 Å². The Bertz CT molecular complexity index is 893. The van der Waals surface area contributed by atoms with Crippen molar-refractivity contribution in [2.75, 3.05) is 13.2 Å². The fraction of sp³-hybridized carbons (Fsp3) is 0.391. The number of ether oxygens (including phenoxy) is 3. The molecule has 166 valence electrons. The predicted octanol–water partition coefficient (Wildman–Crippen LogP) is 3.28. The monoisotopic (exact) mass is 430 g/mol. The van der Waals surface area contributed by atoms with Crippen LogP contribution in [0.15, 0.2) is 36.4 Å². The summed E-state index contributed by atoms with van der Waals surface area (Å²) in [5.74, 6) is -2.08. The van der Waals surface area contributed by atoms with Crippen molar-refractivity contribution in [1.82, 2.24) is 0 Å². The number of carbonyl (C=O) groups excluding carboxylic acids is 2. The minimum Gasteiger partial charge on any atom is -0.508 e. The number of hydrogen-bond acceptors (Lipinski definition) is 8. The van der Waals surface area contributed by atoms with E-state index in [1.54, 1.807) is 31.2 Å². The van der Waals surface area contributed by atoms with E-state index >= 15 is 0 Å². The molecule has 3 N–H and O–H groups in total. The second-order valence-electron chi connectivity index (χ2n) is 7.70. The lowest BCUT2D eigenvalue weighted by atomic mass is 9.83. The highest BCUT2D eigenvalue weighted by atomic mass is 16.6. The second-order valence-corrected chi connectivity index (χ2v) is 7.70. The van der Waals surface area contributed by atoms with Crippen molar-refractivity contribution in [3.63, 3.8) is 0 Å². The van der Waals surface area contributed by atoms with Crippen LogP contribution >= 0.6 is 0 Å². The number of phenols is 3. The quantitative estimate of drug-likeness (QED) is 0.471. The summed E-state index contributed by atoms with van der Waals surface area (Å²) in [6.45, 7) is 4.43. The molecule has 2 aromatic carbocycles. The maximum Gasteiger partial charge on any atom is 0.302 e. The maximum atomic E-state index is 11.5. The van der Waals surface area contributed by atoms with Crippen LogP contribution in [0.1, 0.15) is 42.7 Å². The highest BCUT2D eigenvalue weighted by Gasteiger charge is 2.47. The molecule has 1 fully saturated rings. The molecule has 0 aliphatic carbocycles. The zero-order chi connectivity index (χ0) is 22.7. The number of esters is 2. The van der Waals surface area contributed by atoms with Gasteiger partial charge in [-0.05, 0) is 47.9 Å². The van der Waals surface area contributed by atoms with Gasteiger partial charge in [-0.25, -0.2) is 0 Å². The number of hydrogen-bond donors (Lipinski definition) is 3. The number of aryl methyl sites for hydroxylation is 1. The van der Waals surface area contributed by atoms with E-state index in [4.69, 9.17) is 14.2 Å². The van der Waals surface area contributed by atoms with Crippen LogP contribution < -0.4 is 0 Å². The van der Waals surface area contributed by atoms with Crippen molar-refractivity contribution in [3.05, 3.63) is 53.1 Å². The molecule has 0 saturated carbocycles. The zero-order valence-corrected chi connectivity index (χ0v) is 17.6. The highest BCUT2D eigenvalue weighted by molar-refractivity contribution is 5.66. The van der Waals surface area contributed by atoms with E-state index in [2.05, 4.69) is 0 Å². The molecule has 0 spiro atoms. The lowest BCUT2D eigenvalue weighted by molar-refractivity contribution is -0.146. The number of phenolic OH excluding ortho intramolecular Hbond substituents is 3. The third kappa shape index (κ3) is 5.08. The Labute approximate surface area is 180 Å². The average Bonchev–Trinajstić information content (AvgIpc) is 3.07. The van der Waals surface area contributed by atoms with Gasteiger partial charge in [-0.15, -0.1) is 0 Å². The van der Waals surface area contributed by atoms with Crippen LogP contribution in [-0.4, -0.2) is 40.5 Å². The first kappa shape index (κ1) is 22.4. The van der Waals surface area contributed by atoms with Crippen molar-refractivity contribution in [2.45, 2.75) is 33.0 Å². The van der Waals surface area contributed by atoms with Gasteiger partial charge in [0.2, 0.25) is 0 Å². The molecular formula is C23H26O8. The molecule has 1 saturated heterocycles. The minimum absolute atomic E-state index is 0.0150. The summed E-state index contributed by atoms with van der Waals surface area (Å²) in [6, 6.07) is 9.46. The molecule has 2 aromatic rings. The van der Waals surface area contributed by atoms with Gasteiger partial charge in [0.25, 0.3) is 0 Å². The summed E-state index contributed by atoms with van der Waals surface area (Å²) < 4.78 is 16.9. The number of aromatic hydroxyl groups is 3. The summed E-state index contributed by atoms with van der Waals surface area (Å²) in [4.78, 5) is 23.0. The predicted molar refractivity (Wildman–Crippen MR) is 109 cm³/mol. The van der Waals surface area contributed by atoms with Gasteiger partial charge in [-0.1, -0.05) is 12.1 Å². The van der Waals surface area contributed by atoms with Crippen molar-refractivity contribution in [2.24, 2.45) is 11.8 Å². The van der Waals surface area contributed by atoms with Gasteiger partial charge in [-0.3, -0.25) is 9.59 Å². The van der Waals surface area contributed by atoms with E-state index in [0.717, 1.165) is 5.56 Å². The van der Waals surface area contributed by atoms with Crippen LogP contribution in [0, 0.1) is 18.8 Å². The van der Waals surface area contributed by atoms with Crippen LogP contribution in [-0.2, 0) is 23.8 Å². The molecule has 1 heterocycles. The normalized spacial score (nSPS) is 22.8. The number of benzene rings is 2. The SMILES string of the molecule is CC(=O)OCC1C(c2ccc(O)c(C)c2)OC(c2ccc(O)c(O)c2)C1COC(C)=O. The molecule has 31 heavy (non-hydrogen) atoms. The molecule has 3 rings (SSSR count). The Morgan fingerprint density at radius 1 is 0.806 bits per heavy atom. The van der Waals surface area contributed by atoms with Crippen molar-refractivity contribution in [3.8, 4) is 17.2 Å². The molecule has 4 atom stereocenters. The van der Waals surface area contributed by atoms with Gasteiger partial charge in [-0.2, -0.15) is 0 Å². The number of carbonyl (C=O) groups is 2. The molecule has 1 aliphatic rings. The summed E-state index contributed by atoms with van der Waals surface area (Å²) in [7, 11) is 0. The second kappa shape index (κ2) is 9.26. The van der Waals surface area contributed by atoms with Crippen LogP contribution in [0.25, 0.3) is 0 Å². The molecule has 0 bridgehead atoms. The van der Waals surface area contributed by atoms with E-state index in [1.165, 1.54) is 26.0 Å². The Kier molecular flexibility index (Phi) is 6.70. The minimum atomic E-state index is -0.606. The lowest BCUT2D eigenvalue weighted by Gasteiger charge is -2.24. The molecular weight excluding hydrogens is 404 g/mol. The molecule has 4 unspecified atom stereocenters. The van der Waals surface area contributed by atoms with Gasteiger partial charge < -0.3 is 29.5 Å². The van der Waals surface area contributed by atoms with E-state index in [1.807, 2.05) is 0 Å². The topological polar surface area (TPSA) is 123 Å². The number of rotatable bonds is 6. The van der Waals surface area contributed by atoms with Crippen LogP contribution in [0.3, 0.4) is 0 Å². The molecule has 0 radical (unpaired) electrons. The first-order chi connectivity index (χ1) is 14.7. The average molecular weight is 430 g/mol. The fourth-order valence-electron chi connectivity index (χ4n) is 3.88. The molecule has 8 nitrogen and oxygen atoms in total. The summed E-state index contributed by atoms with van der Waals surface area (Å²) in [5, 5.41) is 29.5. The van der Waals surface area contributed by atoms with Crippen LogP contribution in [0.4, 0.5) is 0 Å². The Morgan fingerprint density at radius 2 is 1.29 bits per heavy atom. The zero-order valence-electron chi connectivity index (χ0n) is 17.6. The lowest BCUT2D eigenvalue weighted by Crippen LogP contribution is -2.27. The smallest absolute Gasteiger partial charge is 0.302 e. The van der Waals surface area contributed by atoms with Gasteiger partial charge >= 0.3 is 11.9 Å². The Balaban J connectivity index is 2.03. The first-order valence-electron chi connectivity index (χ1n) is 9.91. The fourth-order valence-corrected chi connectivity index (χ4v) is 3.88. The summed E-state index contributed by atoms with van der Waals surface area (Å²) in [5.41, 5.74) is 2.01. The van der Waals surface area contributed by atoms with Crippen LogP contribution in [0.2, 0.25) is 0 Å². The van der Waals surface area contributed by atoms with Crippen LogP contribution in [0.5, 0.6) is 17.2 Å². The molecule has 1 aliphatic heterocycles.